The molecule has 1 aromatic heterocycles. The molecular formula is C14H16ClN3O. The highest BCUT2D eigenvalue weighted by Gasteiger charge is 2.05. The molecule has 0 spiro atoms. The highest BCUT2D eigenvalue weighted by molar-refractivity contribution is 6.29. The standard InChI is InChI=1S/C14H16ClN3O/c1-10-3-5-12(6-4-10)19-8-11(2)18-14-7-13(15)16-9-17-14/h3-7,9,11H,8H2,1-2H3,(H,16,17,18). The van der Waals surface area contributed by atoms with E-state index in [0.717, 1.165) is 5.75 Å². The summed E-state index contributed by atoms with van der Waals surface area (Å²) in [5.74, 6) is 1.56. The van der Waals surface area contributed by atoms with Gasteiger partial charge in [-0.15, -0.1) is 0 Å². The van der Waals surface area contributed by atoms with Gasteiger partial charge >= 0.3 is 0 Å². The zero-order valence-corrected chi connectivity index (χ0v) is 11.7. The van der Waals surface area contributed by atoms with Crippen LogP contribution in [0.1, 0.15) is 12.5 Å². The van der Waals surface area contributed by atoms with E-state index in [2.05, 4.69) is 15.3 Å². The number of nitrogens with zero attached hydrogens (tertiary/aromatic N) is 2. The van der Waals surface area contributed by atoms with Crippen LogP contribution in [0.4, 0.5) is 5.82 Å². The summed E-state index contributed by atoms with van der Waals surface area (Å²) < 4.78 is 5.69. The summed E-state index contributed by atoms with van der Waals surface area (Å²) in [5.41, 5.74) is 1.22. The van der Waals surface area contributed by atoms with Crippen molar-refractivity contribution in [3.8, 4) is 5.75 Å². The Kier molecular flexibility index (Phi) is 4.58. The van der Waals surface area contributed by atoms with E-state index in [0.29, 0.717) is 17.6 Å². The summed E-state index contributed by atoms with van der Waals surface area (Å²) >= 11 is 5.79. The smallest absolute Gasteiger partial charge is 0.134 e. The average molecular weight is 278 g/mol. The number of aryl methyl sites for hydroxylation is 1. The fraction of sp³-hybridized carbons (Fsp3) is 0.286. The van der Waals surface area contributed by atoms with Gasteiger partial charge in [0, 0.05) is 6.07 Å². The van der Waals surface area contributed by atoms with E-state index in [9.17, 15) is 0 Å². The van der Waals surface area contributed by atoms with Crippen LogP contribution < -0.4 is 10.1 Å². The fourth-order valence-electron chi connectivity index (χ4n) is 1.56. The topological polar surface area (TPSA) is 47.0 Å². The molecular weight excluding hydrogens is 262 g/mol. The predicted octanol–water partition coefficient (Wildman–Crippen LogP) is 3.32. The Labute approximate surface area is 117 Å². The molecule has 1 N–H and O–H groups in total. The molecule has 0 radical (unpaired) electrons. The first-order valence-corrected chi connectivity index (χ1v) is 6.45. The maximum atomic E-state index is 5.79. The van der Waals surface area contributed by atoms with Gasteiger partial charge in [-0.2, -0.15) is 0 Å². The summed E-state index contributed by atoms with van der Waals surface area (Å²) in [4.78, 5) is 7.92. The van der Waals surface area contributed by atoms with Crippen LogP contribution >= 0.6 is 11.6 Å². The summed E-state index contributed by atoms with van der Waals surface area (Å²) in [6, 6.07) is 9.78. The van der Waals surface area contributed by atoms with Gasteiger partial charge in [0.2, 0.25) is 0 Å². The van der Waals surface area contributed by atoms with Crippen molar-refractivity contribution in [2.45, 2.75) is 19.9 Å². The normalized spacial score (nSPS) is 11.9. The highest BCUT2D eigenvalue weighted by atomic mass is 35.5. The third-order valence-electron chi connectivity index (χ3n) is 2.55. The van der Waals surface area contributed by atoms with Crippen molar-refractivity contribution >= 4 is 17.4 Å². The highest BCUT2D eigenvalue weighted by Crippen LogP contribution is 2.13. The molecule has 0 aliphatic heterocycles. The molecule has 0 aliphatic carbocycles. The summed E-state index contributed by atoms with van der Waals surface area (Å²) in [6.07, 6.45) is 1.43. The molecule has 5 heteroatoms. The Morgan fingerprint density at radius 2 is 2.00 bits per heavy atom. The lowest BCUT2D eigenvalue weighted by molar-refractivity contribution is 0.303. The van der Waals surface area contributed by atoms with Gasteiger partial charge in [0.15, 0.2) is 0 Å². The van der Waals surface area contributed by atoms with Crippen molar-refractivity contribution in [3.63, 3.8) is 0 Å². The van der Waals surface area contributed by atoms with Gasteiger partial charge < -0.3 is 10.1 Å². The van der Waals surface area contributed by atoms with Crippen LogP contribution in [0.5, 0.6) is 5.75 Å². The molecule has 0 saturated heterocycles. The lowest BCUT2D eigenvalue weighted by Crippen LogP contribution is -2.24. The molecule has 1 aromatic carbocycles. The molecule has 0 aliphatic rings. The summed E-state index contributed by atoms with van der Waals surface area (Å²) in [5, 5.41) is 3.62. The first-order valence-electron chi connectivity index (χ1n) is 6.07. The van der Waals surface area contributed by atoms with Crippen LogP contribution in [0.15, 0.2) is 36.7 Å². The Balaban J connectivity index is 1.84. The molecule has 2 rings (SSSR count). The van der Waals surface area contributed by atoms with Crippen LogP contribution in [0, 0.1) is 6.92 Å². The number of anilines is 1. The monoisotopic (exact) mass is 277 g/mol. The van der Waals surface area contributed by atoms with Crippen molar-refractivity contribution in [1.29, 1.82) is 0 Å². The van der Waals surface area contributed by atoms with Crippen molar-refractivity contribution < 1.29 is 4.74 Å². The number of benzene rings is 1. The number of halogens is 1. The Morgan fingerprint density at radius 1 is 1.26 bits per heavy atom. The van der Waals surface area contributed by atoms with Gasteiger partial charge in [-0.1, -0.05) is 29.3 Å². The summed E-state index contributed by atoms with van der Waals surface area (Å²) in [6.45, 7) is 4.61. The second-order valence-corrected chi connectivity index (χ2v) is 4.78. The van der Waals surface area contributed by atoms with Gasteiger partial charge in [-0.05, 0) is 26.0 Å². The third kappa shape index (κ3) is 4.41. The molecule has 1 unspecified atom stereocenters. The lowest BCUT2D eigenvalue weighted by Gasteiger charge is -2.15. The second-order valence-electron chi connectivity index (χ2n) is 4.40. The number of nitrogens with one attached hydrogen (secondary N) is 1. The molecule has 0 saturated carbocycles. The molecule has 0 amide bonds. The van der Waals surface area contributed by atoms with Crippen LogP contribution in [0.3, 0.4) is 0 Å². The molecule has 1 atom stereocenters. The minimum absolute atomic E-state index is 0.118. The molecule has 100 valence electrons. The Morgan fingerprint density at radius 3 is 2.68 bits per heavy atom. The minimum Gasteiger partial charge on any atom is -0.491 e. The number of ether oxygens (including phenoxy) is 1. The molecule has 0 fully saturated rings. The minimum atomic E-state index is 0.118. The fourth-order valence-corrected chi connectivity index (χ4v) is 1.71. The van der Waals surface area contributed by atoms with Gasteiger partial charge in [-0.3, -0.25) is 0 Å². The van der Waals surface area contributed by atoms with E-state index in [1.807, 2.05) is 38.1 Å². The van der Waals surface area contributed by atoms with Crippen LogP contribution in [0.25, 0.3) is 0 Å². The number of hydrogen-bond donors (Lipinski definition) is 1. The molecule has 1 heterocycles. The van der Waals surface area contributed by atoms with Gasteiger partial charge in [-0.25, -0.2) is 9.97 Å². The quantitative estimate of drug-likeness (QED) is 0.852. The van der Waals surface area contributed by atoms with E-state index in [1.54, 1.807) is 6.07 Å². The second kappa shape index (κ2) is 6.38. The Hall–Kier alpha value is -1.81. The molecule has 4 nitrogen and oxygen atoms in total. The van der Waals surface area contributed by atoms with Gasteiger partial charge in [0.05, 0.1) is 6.04 Å². The number of rotatable bonds is 5. The number of hydrogen-bond acceptors (Lipinski definition) is 4. The molecule has 2 aromatic rings. The predicted molar refractivity (Wildman–Crippen MR) is 76.8 cm³/mol. The van der Waals surface area contributed by atoms with Crippen molar-refractivity contribution in [1.82, 2.24) is 9.97 Å². The third-order valence-corrected chi connectivity index (χ3v) is 2.76. The number of aromatic nitrogens is 2. The van der Waals surface area contributed by atoms with E-state index in [4.69, 9.17) is 16.3 Å². The van der Waals surface area contributed by atoms with Crippen LogP contribution in [-0.4, -0.2) is 22.6 Å². The maximum Gasteiger partial charge on any atom is 0.134 e. The van der Waals surface area contributed by atoms with Crippen molar-refractivity contribution in [3.05, 3.63) is 47.4 Å². The van der Waals surface area contributed by atoms with Crippen molar-refractivity contribution in [2.75, 3.05) is 11.9 Å². The van der Waals surface area contributed by atoms with Gasteiger partial charge in [0.1, 0.15) is 29.7 Å². The largest absolute Gasteiger partial charge is 0.491 e. The van der Waals surface area contributed by atoms with Crippen LogP contribution in [0.2, 0.25) is 5.15 Å². The SMILES string of the molecule is Cc1ccc(OCC(C)Nc2cc(Cl)ncn2)cc1. The lowest BCUT2D eigenvalue weighted by atomic mass is 10.2. The maximum absolute atomic E-state index is 5.79. The van der Waals surface area contributed by atoms with Gasteiger partial charge in [0.25, 0.3) is 0 Å². The average Bonchev–Trinajstić information content (AvgIpc) is 2.38. The van der Waals surface area contributed by atoms with E-state index in [-0.39, 0.29) is 6.04 Å². The molecule has 19 heavy (non-hydrogen) atoms. The van der Waals surface area contributed by atoms with E-state index < -0.39 is 0 Å². The summed E-state index contributed by atoms with van der Waals surface area (Å²) in [7, 11) is 0. The zero-order chi connectivity index (χ0) is 13.7. The first kappa shape index (κ1) is 13.6. The van der Waals surface area contributed by atoms with Crippen LogP contribution in [-0.2, 0) is 0 Å². The molecule has 0 bridgehead atoms. The van der Waals surface area contributed by atoms with Crippen molar-refractivity contribution in [2.24, 2.45) is 0 Å². The van der Waals surface area contributed by atoms with E-state index in [1.165, 1.54) is 11.9 Å². The van der Waals surface area contributed by atoms with E-state index >= 15 is 0 Å². The Bertz CT molecular complexity index is 530. The first-order chi connectivity index (χ1) is 9.13. The zero-order valence-electron chi connectivity index (χ0n) is 10.9.